The molecule has 4 aromatic rings. The summed E-state index contributed by atoms with van der Waals surface area (Å²) in [5, 5.41) is 29.8. The third kappa shape index (κ3) is 4.12. The van der Waals surface area contributed by atoms with Gasteiger partial charge in [0, 0.05) is 23.4 Å². The lowest BCUT2D eigenvalue weighted by Crippen LogP contribution is -2.00. The molecule has 0 atom stereocenters. The van der Waals surface area contributed by atoms with Gasteiger partial charge < -0.3 is 9.73 Å². The van der Waals surface area contributed by atoms with Gasteiger partial charge in [0.1, 0.15) is 11.5 Å². The van der Waals surface area contributed by atoms with E-state index in [9.17, 15) is 10.1 Å². The van der Waals surface area contributed by atoms with E-state index in [-0.39, 0.29) is 5.69 Å². The summed E-state index contributed by atoms with van der Waals surface area (Å²) in [7, 11) is 0. The van der Waals surface area contributed by atoms with Gasteiger partial charge in [0.2, 0.25) is 0 Å². The molecule has 0 aliphatic rings. The summed E-state index contributed by atoms with van der Waals surface area (Å²) in [6.45, 7) is 0. The molecule has 2 aromatic carbocycles. The first kappa shape index (κ1) is 18.3. The molecular weight excluding hydrogens is 398 g/mol. The Morgan fingerprint density at radius 1 is 1.17 bits per heavy atom. The first-order valence-electron chi connectivity index (χ1n) is 8.29. The zero-order valence-electron chi connectivity index (χ0n) is 14.6. The van der Waals surface area contributed by atoms with Gasteiger partial charge in [0.25, 0.3) is 11.6 Å². The van der Waals surface area contributed by atoms with Crippen LogP contribution in [0, 0.1) is 10.1 Å². The zero-order valence-corrected chi connectivity index (χ0v) is 15.4. The Morgan fingerprint density at radius 3 is 2.79 bits per heavy atom. The highest BCUT2D eigenvalue weighted by Crippen LogP contribution is 2.32. The van der Waals surface area contributed by atoms with Crippen molar-refractivity contribution in [2.24, 2.45) is 5.10 Å². The number of nitro groups is 1. The second kappa shape index (κ2) is 7.90. The van der Waals surface area contributed by atoms with Crippen LogP contribution in [-0.2, 0) is 0 Å². The van der Waals surface area contributed by atoms with Crippen LogP contribution >= 0.6 is 11.6 Å². The lowest BCUT2D eigenvalue weighted by Gasteiger charge is -2.02. The van der Waals surface area contributed by atoms with Crippen molar-refractivity contribution in [1.82, 2.24) is 20.3 Å². The lowest BCUT2D eigenvalue weighted by atomic mass is 10.1. The first-order chi connectivity index (χ1) is 14.1. The molecule has 0 saturated carbocycles. The molecule has 0 bridgehead atoms. The topological polar surface area (TPSA) is 124 Å². The minimum absolute atomic E-state index is 0.0821. The summed E-state index contributed by atoms with van der Waals surface area (Å²) < 4.78 is 5.68. The summed E-state index contributed by atoms with van der Waals surface area (Å²) in [5.74, 6) is 1.09. The fourth-order valence-corrected chi connectivity index (χ4v) is 2.69. The van der Waals surface area contributed by atoms with Crippen LogP contribution in [0.2, 0.25) is 5.02 Å². The zero-order chi connectivity index (χ0) is 20.2. The number of rotatable bonds is 6. The van der Waals surface area contributed by atoms with Crippen LogP contribution in [-0.4, -0.2) is 31.5 Å². The van der Waals surface area contributed by atoms with Crippen molar-refractivity contribution in [3.8, 4) is 11.3 Å². The average molecular weight is 410 g/mol. The number of nitrogens with one attached hydrogen (secondary N) is 1. The second-order valence-electron chi connectivity index (χ2n) is 5.75. The maximum Gasteiger partial charge on any atom is 0.270 e. The molecule has 11 heteroatoms. The van der Waals surface area contributed by atoms with Crippen molar-refractivity contribution < 1.29 is 9.34 Å². The van der Waals surface area contributed by atoms with Crippen molar-refractivity contribution in [3.05, 3.63) is 81.6 Å². The molecule has 144 valence electrons. The number of non-ortho nitro benzene ring substituents is 1. The largest absolute Gasteiger partial charge is 0.455 e. The molecule has 0 fully saturated rings. The third-order valence-corrected chi connectivity index (χ3v) is 4.16. The number of aromatic nitrogens is 4. The van der Waals surface area contributed by atoms with Crippen molar-refractivity contribution in [2.45, 2.75) is 0 Å². The molecule has 0 radical (unpaired) electrons. The van der Waals surface area contributed by atoms with Gasteiger partial charge in [-0.25, -0.2) is 0 Å². The molecule has 0 saturated heterocycles. The van der Waals surface area contributed by atoms with Crippen LogP contribution in [0.3, 0.4) is 0 Å². The van der Waals surface area contributed by atoms with E-state index in [1.54, 1.807) is 12.1 Å². The van der Waals surface area contributed by atoms with Crippen LogP contribution in [0.5, 0.6) is 0 Å². The van der Waals surface area contributed by atoms with E-state index >= 15 is 0 Å². The number of benzene rings is 2. The predicted molar refractivity (Wildman–Crippen MR) is 106 cm³/mol. The van der Waals surface area contributed by atoms with Crippen LogP contribution in [0.25, 0.3) is 11.3 Å². The predicted octanol–water partition coefficient (Wildman–Crippen LogP) is 4.12. The molecule has 0 aliphatic carbocycles. The van der Waals surface area contributed by atoms with Gasteiger partial charge in [-0.05, 0) is 40.8 Å². The van der Waals surface area contributed by atoms with Crippen LogP contribution < -0.4 is 5.32 Å². The quantitative estimate of drug-likeness (QED) is 0.288. The Balaban J connectivity index is 1.55. The van der Waals surface area contributed by atoms with Gasteiger partial charge in [-0.2, -0.15) is 5.10 Å². The SMILES string of the molecule is O=[N+]([O-])c1ccc(Cl)c(-c2ccc(C=Nn3nnnc3Nc3ccccc3)o2)c1. The van der Waals surface area contributed by atoms with Crippen molar-refractivity contribution >= 4 is 35.1 Å². The van der Waals surface area contributed by atoms with Crippen LogP contribution in [0.15, 0.2) is 70.2 Å². The number of furan rings is 1. The van der Waals surface area contributed by atoms with Crippen LogP contribution in [0.1, 0.15) is 5.76 Å². The smallest absolute Gasteiger partial charge is 0.270 e. The number of para-hydroxylation sites is 1. The molecule has 2 aromatic heterocycles. The molecule has 29 heavy (non-hydrogen) atoms. The molecule has 10 nitrogen and oxygen atoms in total. The Bertz CT molecular complexity index is 1190. The summed E-state index contributed by atoms with van der Waals surface area (Å²) in [6, 6.07) is 16.8. The molecule has 0 spiro atoms. The van der Waals surface area contributed by atoms with E-state index in [1.165, 1.54) is 29.2 Å². The van der Waals surface area contributed by atoms with Crippen molar-refractivity contribution in [2.75, 3.05) is 5.32 Å². The number of hydrogen-bond acceptors (Lipinski definition) is 8. The van der Waals surface area contributed by atoms with E-state index in [1.807, 2.05) is 30.3 Å². The van der Waals surface area contributed by atoms with Gasteiger partial charge in [0.05, 0.1) is 16.2 Å². The number of hydrogen-bond donors (Lipinski definition) is 1. The highest BCUT2D eigenvalue weighted by molar-refractivity contribution is 6.33. The highest BCUT2D eigenvalue weighted by Gasteiger charge is 2.14. The average Bonchev–Trinajstić information content (AvgIpc) is 3.37. The van der Waals surface area contributed by atoms with Gasteiger partial charge in [-0.15, -0.1) is 0 Å². The minimum Gasteiger partial charge on any atom is -0.455 e. The van der Waals surface area contributed by atoms with Crippen LogP contribution in [0.4, 0.5) is 17.3 Å². The lowest BCUT2D eigenvalue weighted by molar-refractivity contribution is -0.384. The summed E-state index contributed by atoms with van der Waals surface area (Å²) in [6.07, 6.45) is 1.42. The molecule has 0 amide bonds. The first-order valence-corrected chi connectivity index (χ1v) is 8.67. The monoisotopic (exact) mass is 409 g/mol. The summed E-state index contributed by atoms with van der Waals surface area (Å²) in [5.41, 5.74) is 1.13. The van der Waals surface area contributed by atoms with E-state index in [2.05, 4.69) is 25.9 Å². The maximum absolute atomic E-state index is 11.0. The van der Waals surface area contributed by atoms with E-state index in [0.717, 1.165) is 5.69 Å². The molecule has 1 N–H and O–H groups in total. The van der Waals surface area contributed by atoms with Crippen molar-refractivity contribution in [1.29, 1.82) is 0 Å². The Morgan fingerprint density at radius 2 is 2.00 bits per heavy atom. The van der Waals surface area contributed by atoms with E-state index in [0.29, 0.717) is 28.1 Å². The Labute approximate surface area is 168 Å². The summed E-state index contributed by atoms with van der Waals surface area (Å²) >= 11 is 6.15. The molecule has 0 aliphatic heterocycles. The summed E-state index contributed by atoms with van der Waals surface area (Å²) in [4.78, 5) is 11.7. The fourth-order valence-electron chi connectivity index (χ4n) is 2.48. The molecule has 0 unspecified atom stereocenters. The van der Waals surface area contributed by atoms with Crippen molar-refractivity contribution in [3.63, 3.8) is 0 Å². The Kier molecular flexibility index (Phi) is 4.99. The number of anilines is 2. The number of halogens is 1. The Hall–Kier alpha value is -4.05. The fraction of sp³-hybridized carbons (Fsp3) is 0. The molecule has 4 rings (SSSR count). The molecule has 2 heterocycles. The van der Waals surface area contributed by atoms with E-state index < -0.39 is 4.92 Å². The van der Waals surface area contributed by atoms with Gasteiger partial charge in [-0.3, -0.25) is 10.1 Å². The minimum atomic E-state index is -0.496. The van der Waals surface area contributed by atoms with Gasteiger partial charge >= 0.3 is 0 Å². The number of nitro benzene ring substituents is 1. The highest BCUT2D eigenvalue weighted by atomic mass is 35.5. The second-order valence-corrected chi connectivity index (χ2v) is 6.16. The maximum atomic E-state index is 11.0. The normalized spacial score (nSPS) is 11.1. The van der Waals surface area contributed by atoms with Gasteiger partial charge in [-0.1, -0.05) is 39.7 Å². The van der Waals surface area contributed by atoms with E-state index in [4.69, 9.17) is 16.0 Å². The number of nitrogens with zero attached hydrogens (tertiary/aromatic N) is 6. The molecular formula is C18H12ClN7O3. The number of tetrazole rings is 1. The van der Waals surface area contributed by atoms with Gasteiger partial charge in [0.15, 0.2) is 0 Å². The third-order valence-electron chi connectivity index (χ3n) is 3.83. The standard InChI is InChI=1S/C18H12ClN7O3/c19-16-8-6-13(26(27)28)10-15(16)17-9-7-14(29-17)11-20-25-18(22-23-24-25)21-12-4-2-1-3-5-12/h1-11H,(H,21,22,24).